The van der Waals surface area contributed by atoms with Gasteiger partial charge < -0.3 is 9.64 Å². The molecule has 2 atom stereocenters. The van der Waals surface area contributed by atoms with Crippen molar-refractivity contribution in [1.82, 2.24) is 14.9 Å². The molecule has 2 heterocycles. The predicted octanol–water partition coefficient (Wildman–Crippen LogP) is 4.03. The Bertz CT molecular complexity index is 1080. The number of piperidine rings is 1. The second-order valence-electron chi connectivity index (χ2n) is 10.3. The maximum atomic E-state index is 13.6. The molecule has 0 bridgehead atoms. The van der Waals surface area contributed by atoms with Gasteiger partial charge in [-0.3, -0.25) is 0 Å². The lowest BCUT2D eigenvalue weighted by Crippen LogP contribution is -2.55. The molecule has 2 saturated carbocycles. The molecule has 3 aliphatic rings. The summed E-state index contributed by atoms with van der Waals surface area (Å²) in [5.41, 5.74) is 1.07. The van der Waals surface area contributed by atoms with E-state index in [1.165, 1.54) is 6.07 Å². The largest absolute Gasteiger partial charge is 0.378 e. The SMILES string of the molecule is O=S(=O)(N[C@H]1CCN(c2cccnn2)C[C@H]1COC1CCC(c2cccc(F)c2)CC1)C1CCC1. The molecule has 9 heteroatoms. The number of nitrogens with zero attached hydrogens (tertiary/aromatic N) is 3. The molecular weight excluding hydrogens is 467 g/mol. The fourth-order valence-corrected chi connectivity index (χ4v) is 7.48. The number of halogens is 1. The van der Waals surface area contributed by atoms with E-state index >= 15 is 0 Å². The third kappa shape index (κ3) is 6.01. The monoisotopic (exact) mass is 502 g/mol. The second kappa shape index (κ2) is 10.9. The Morgan fingerprint density at radius 1 is 1.06 bits per heavy atom. The number of nitrogens with one attached hydrogen (secondary N) is 1. The Hall–Kier alpha value is -2.10. The van der Waals surface area contributed by atoms with Crippen LogP contribution < -0.4 is 9.62 Å². The molecule has 1 aromatic heterocycles. The van der Waals surface area contributed by atoms with E-state index < -0.39 is 10.0 Å². The minimum Gasteiger partial charge on any atom is -0.378 e. The highest BCUT2D eigenvalue weighted by Gasteiger charge is 2.38. The molecule has 1 N–H and O–H groups in total. The molecule has 35 heavy (non-hydrogen) atoms. The van der Waals surface area contributed by atoms with Gasteiger partial charge in [0.25, 0.3) is 0 Å². The Morgan fingerprint density at radius 3 is 2.57 bits per heavy atom. The van der Waals surface area contributed by atoms with Crippen LogP contribution in [0.5, 0.6) is 0 Å². The minimum atomic E-state index is -3.31. The van der Waals surface area contributed by atoms with Crippen molar-refractivity contribution in [2.75, 3.05) is 24.6 Å². The summed E-state index contributed by atoms with van der Waals surface area (Å²) in [5.74, 6) is 1.03. The summed E-state index contributed by atoms with van der Waals surface area (Å²) in [6.45, 7) is 1.91. The van der Waals surface area contributed by atoms with Crippen LogP contribution in [-0.2, 0) is 14.8 Å². The third-order valence-corrected chi connectivity index (χ3v) is 9.94. The van der Waals surface area contributed by atoms with E-state index in [0.717, 1.165) is 62.9 Å². The number of anilines is 1. The van der Waals surface area contributed by atoms with Gasteiger partial charge in [0, 0.05) is 31.2 Å². The highest BCUT2D eigenvalue weighted by atomic mass is 32.2. The number of sulfonamides is 1. The molecule has 1 aliphatic heterocycles. The summed E-state index contributed by atoms with van der Waals surface area (Å²) in [6, 6.07) is 10.6. The van der Waals surface area contributed by atoms with Gasteiger partial charge in [0.1, 0.15) is 5.82 Å². The molecule has 2 aromatic rings. The zero-order chi connectivity index (χ0) is 24.3. The maximum Gasteiger partial charge on any atom is 0.214 e. The molecule has 0 unspecified atom stereocenters. The lowest BCUT2D eigenvalue weighted by atomic mass is 9.82. The fraction of sp³-hybridized carbons (Fsp3) is 0.615. The Kier molecular flexibility index (Phi) is 7.65. The molecular formula is C26H35FN4O3S. The fourth-order valence-electron chi connectivity index (χ4n) is 5.60. The van der Waals surface area contributed by atoms with Crippen molar-refractivity contribution in [1.29, 1.82) is 0 Å². The van der Waals surface area contributed by atoms with Gasteiger partial charge in [-0.05, 0) is 80.7 Å². The quantitative estimate of drug-likeness (QED) is 0.587. The van der Waals surface area contributed by atoms with Crippen molar-refractivity contribution in [3.05, 3.63) is 54.0 Å². The van der Waals surface area contributed by atoms with Crippen LogP contribution in [0, 0.1) is 11.7 Å². The standard InChI is InChI=1S/C26H35FN4O3S/c27-22-5-1-4-20(16-22)19-9-11-23(12-10-19)34-18-21-17-31(26-8-3-14-28-29-26)15-13-25(21)30-35(32,33)24-6-2-7-24/h1,3-5,8,14,16,19,21,23-25,30H,2,6-7,9-13,15,17-18H2/t19?,21-,23?,25-/m0/s1. The first-order valence-electron chi connectivity index (χ1n) is 12.9. The topological polar surface area (TPSA) is 84.4 Å². The second-order valence-corrected chi connectivity index (χ2v) is 12.3. The van der Waals surface area contributed by atoms with Crippen LogP contribution in [0.3, 0.4) is 0 Å². The number of aromatic nitrogens is 2. The molecule has 0 amide bonds. The van der Waals surface area contributed by atoms with E-state index in [1.54, 1.807) is 18.3 Å². The summed E-state index contributed by atoms with van der Waals surface area (Å²) in [6.07, 6.45) is 8.82. The summed E-state index contributed by atoms with van der Waals surface area (Å²) in [7, 11) is -3.31. The van der Waals surface area contributed by atoms with Gasteiger partial charge in [0.15, 0.2) is 5.82 Å². The molecule has 7 nitrogen and oxygen atoms in total. The van der Waals surface area contributed by atoms with Crippen molar-refractivity contribution in [3.63, 3.8) is 0 Å². The van der Waals surface area contributed by atoms with Crippen molar-refractivity contribution < 1.29 is 17.5 Å². The number of hydrogen-bond donors (Lipinski definition) is 1. The lowest BCUT2D eigenvalue weighted by molar-refractivity contribution is -0.00220. The molecule has 5 rings (SSSR count). The lowest BCUT2D eigenvalue weighted by Gasteiger charge is -2.41. The molecule has 2 aliphatic carbocycles. The van der Waals surface area contributed by atoms with Gasteiger partial charge >= 0.3 is 0 Å². The first kappa shape index (κ1) is 24.6. The van der Waals surface area contributed by atoms with Crippen LogP contribution in [0.25, 0.3) is 0 Å². The zero-order valence-electron chi connectivity index (χ0n) is 20.1. The molecule has 1 aromatic carbocycles. The summed E-state index contributed by atoms with van der Waals surface area (Å²) >= 11 is 0. The Morgan fingerprint density at radius 2 is 1.89 bits per heavy atom. The average Bonchev–Trinajstić information content (AvgIpc) is 2.83. The van der Waals surface area contributed by atoms with E-state index in [4.69, 9.17) is 4.74 Å². The highest BCUT2D eigenvalue weighted by molar-refractivity contribution is 7.90. The summed E-state index contributed by atoms with van der Waals surface area (Å²) in [4.78, 5) is 2.18. The van der Waals surface area contributed by atoms with Crippen LogP contribution >= 0.6 is 0 Å². The van der Waals surface area contributed by atoms with Gasteiger partial charge in [-0.15, -0.1) is 5.10 Å². The molecule has 0 radical (unpaired) electrons. The molecule has 190 valence electrons. The highest BCUT2D eigenvalue weighted by Crippen LogP contribution is 2.35. The summed E-state index contributed by atoms with van der Waals surface area (Å²) < 4.78 is 48.8. The minimum absolute atomic E-state index is 0.0292. The number of rotatable bonds is 8. The summed E-state index contributed by atoms with van der Waals surface area (Å²) in [5, 5.41) is 8.00. The maximum absolute atomic E-state index is 13.6. The van der Waals surface area contributed by atoms with Crippen molar-refractivity contribution in [2.24, 2.45) is 5.92 Å². The van der Waals surface area contributed by atoms with Gasteiger partial charge in [0.05, 0.1) is 18.0 Å². The van der Waals surface area contributed by atoms with E-state index in [2.05, 4.69) is 19.8 Å². The Labute approximate surface area is 207 Å². The first-order chi connectivity index (χ1) is 17.0. The van der Waals surface area contributed by atoms with E-state index in [0.29, 0.717) is 25.5 Å². The number of hydrogen-bond acceptors (Lipinski definition) is 6. The van der Waals surface area contributed by atoms with Gasteiger partial charge in [-0.1, -0.05) is 18.6 Å². The normalized spacial score (nSPS) is 28.0. The van der Waals surface area contributed by atoms with Crippen LogP contribution in [-0.4, -0.2) is 55.7 Å². The van der Waals surface area contributed by atoms with E-state index in [1.807, 2.05) is 18.2 Å². The Balaban J connectivity index is 1.20. The van der Waals surface area contributed by atoms with Crippen LogP contribution in [0.2, 0.25) is 0 Å². The number of benzene rings is 1. The van der Waals surface area contributed by atoms with Gasteiger partial charge in [-0.25, -0.2) is 17.5 Å². The average molecular weight is 503 g/mol. The van der Waals surface area contributed by atoms with Crippen molar-refractivity contribution in [3.8, 4) is 0 Å². The third-order valence-electron chi connectivity index (χ3n) is 7.96. The predicted molar refractivity (Wildman–Crippen MR) is 133 cm³/mol. The van der Waals surface area contributed by atoms with Crippen LogP contribution in [0.4, 0.5) is 10.2 Å². The van der Waals surface area contributed by atoms with E-state index in [9.17, 15) is 12.8 Å². The van der Waals surface area contributed by atoms with Crippen molar-refractivity contribution in [2.45, 2.75) is 74.7 Å². The molecule has 0 spiro atoms. The van der Waals surface area contributed by atoms with Crippen molar-refractivity contribution >= 4 is 15.8 Å². The van der Waals surface area contributed by atoms with Crippen LogP contribution in [0.1, 0.15) is 62.8 Å². The zero-order valence-corrected chi connectivity index (χ0v) is 20.9. The molecule has 3 fully saturated rings. The molecule has 1 saturated heterocycles. The number of ether oxygens (including phenoxy) is 1. The van der Waals surface area contributed by atoms with Gasteiger partial charge in [-0.2, -0.15) is 5.10 Å². The van der Waals surface area contributed by atoms with E-state index in [-0.39, 0.29) is 29.1 Å². The smallest absolute Gasteiger partial charge is 0.214 e. The van der Waals surface area contributed by atoms with Crippen LogP contribution in [0.15, 0.2) is 42.6 Å². The van der Waals surface area contributed by atoms with Gasteiger partial charge in [0.2, 0.25) is 10.0 Å². The first-order valence-corrected chi connectivity index (χ1v) is 14.4.